The Morgan fingerprint density at radius 2 is 1.20 bits per heavy atom. The summed E-state index contributed by atoms with van der Waals surface area (Å²) in [6.07, 6.45) is 0. The second-order valence-corrected chi connectivity index (χ2v) is 4.52. The van der Waals surface area contributed by atoms with Crippen LogP contribution in [-0.2, 0) is 9.31 Å². The van der Waals surface area contributed by atoms with Crippen molar-refractivity contribution < 1.29 is 28.7 Å². The van der Waals surface area contributed by atoms with Crippen LogP contribution in [0.4, 0.5) is 11.4 Å². The molecule has 0 saturated carbocycles. The molecule has 0 atom stereocenters. The molecule has 0 N–H and O–H groups in total. The van der Waals surface area contributed by atoms with Gasteiger partial charge in [-0.1, -0.05) is 12.1 Å². The van der Waals surface area contributed by atoms with Crippen LogP contribution in [0.1, 0.15) is 20.7 Å². The minimum atomic E-state index is -0.976. The number of nitro groups is 2. The average Bonchev–Trinajstić information content (AvgIpc) is 2.61. The largest absolute Gasteiger partial charge is 0.662 e. The van der Waals surface area contributed by atoms with E-state index in [0.717, 1.165) is 12.1 Å². The van der Waals surface area contributed by atoms with Gasteiger partial charge in [-0.3, -0.25) is 20.2 Å². The third-order valence-corrected chi connectivity index (χ3v) is 2.90. The Morgan fingerprint density at radius 3 is 1.56 bits per heavy atom. The molecule has 0 saturated heterocycles. The van der Waals surface area contributed by atoms with Crippen molar-refractivity contribution in [1.29, 1.82) is 0 Å². The number of benzene rings is 2. The first-order valence-electron chi connectivity index (χ1n) is 6.61. The maximum atomic E-state index is 11.7. The number of hydrogen-bond donors (Lipinski definition) is 0. The molecule has 0 aliphatic rings. The van der Waals surface area contributed by atoms with E-state index in [-0.39, 0.29) is 22.5 Å². The summed E-state index contributed by atoms with van der Waals surface area (Å²) in [5.74, 6) is -1.95. The lowest BCUT2D eigenvalue weighted by Crippen LogP contribution is -2.16. The third kappa shape index (κ3) is 4.61. The first-order valence-corrected chi connectivity index (χ1v) is 6.61. The van der Waals surface area contributed by atoms with Crippen molar-refractivity contribution in [2.45, 2.75) is 0 Å². The lowest BCUT2D eigenvalue weighted by atomic mass is 10.2. The molecule has 25 heavy (non-hydrogen) atoms. The van der Waals surface area contributed by atoms with Gasteiger partial charge >= 0.3 is 19.6 Å². The molecule has 125 valence electrons. The molecule has 2 aromatic carbocycles. The van der Waals surface area contributed by atoms with E-state index < -0.39 is 21.8 Å². The fourth-order valence-corrected chi connectivity index (χ4v) is 1.74. The molecule has 0 amide bonds. The number of non-ortho nitro benzene ring substituents is 2. The van der Waals surface area contributed by atoms with E-state index in [1.165, 1.54) is 36.4 Å². The van der Waals surface area contributed by atoms with Gasteiger partial charge in [-0.25, -0.2) is 9.59 Å². The molecular weight excluding hydrogens is 335 g/mol. The molecule has 11 heteroatoms. The smallest absolute Gasteiger partial charge is 0.496 e. The molecule has 1 radical (unpaired) electrons. The van der Waals surface area contributed by atoms with Crippen LogP contribution < -0.4 is 0 Å². The highest BCUT2D eigenvalue weighted by molar-refractivity contribution is 6.28. The second kappa shape index (κ2) is 7.68. The monoisotopic (exact) mass is 343 g/mol. The summed E-state index contributed by atoms with van der Waals surface area (Å²) in [5, 5.41) is 21.3. The Kier molecular flexibility index (Phi) is 5.41. The van der Waals surface area contributed by atoms with Gasteiger partial charge in [0.15, 0.2) is 0 Å². The van der Waals surface area contributed by atoms with Crippen LogP contribution in [0.25, 0.3) is 0 Å². The maximum absolute atomic E-state index is 11.7. The number of carbonyl (C=O) groups excluding carboxylic acids is 2. The van der Waals surface area contributed by atoms with Crippen molar-refractivity contribution in [1.82, 2.24) is 0 Å². The first kappa shape index (κ1) is 17.6. The second-order valence-electron chi connectivity index (χ2n) is 4.52. The molecule has 0 spiro atoms. The minimum Gasteiger partial charge on any atom is -0.496 e. The molecule has 0 unspecified atom stereocenters. The SMILES string of the molecule is O=C(O[B]OC(=O)c1cccc([N+](=O)[O-])c1)c1cccc([N+](=O)[O-])c1. The van der Waals surface area contributed by atoms with E-state index in [9.17, 15) is 29.8 Å². The molecule has 2 rings (SSSR count). The Labute approximate surface area is 140 Å². The lowest BCUT2D eigenvalue weighted by molar-refractivity contribution is -0.385. The highest BCUT2D eigenvalue weighted by Gasteiger charge is 2.17. The number of nitrogens with zero attached hydrogens (tertiary/aromatic N) is 2. The number of hydrogen-bond acceptors (Lipinski definition) is 8. The van der Waals surface area contributed by atoms with Crippen molar-refractivity contribution in [2.75, 3.05) is 0 Å². The van der Waals surface area contributed by atoms with Crippen molar-refractivity contribution >= 4 is 31.0 Å². The predicted molar refractivity (Wildman–Crippen MR) is 82.8 cm³/mol. The molecule has 0 heterocycles. The zero-order chi connectivity index (χ0) is 18.4. The number of nitro benzene ring substituents is 2. The normalized spacial score (nSPS) is 9.76. The van der Waals surface area contributed by atoms with Gasteiger partial charge in [0.2, 0.25) is 0 Å². The van der Waals surface area contributed by atoms with Gasteiger partial charge < -0.3 is 9.31 Å². The van der Waals surface area contributed by atoms with Crippen LogP contribution in [0.5, 0.6) is 0 Å². The summed E-state index contributed by atoms with van der Waals surface area (Å²) in [5.41, 5.74) is -0.834. The van der Waals surface area contributed by atoms with Crippen LogP contribution in [0.2, 0.25) is 0 Å². The van der Waals surface area contributed by atoms with Gasteiger partial charge in [0, 0.05) is 24.3 Å². The average molecular weight is 343 g/mol. The summed E-state index contributed by atoms with van der Waals surface area (Å²) in [6.45, 7) is 0. The van der Waals surface area contributed by atoms with Gasteiger partial charge in [-0.15, -0.1) is 0 Å². The summed E-state index contributed by atoms with van der Waals surface area (Å²) in [6, 6.07) is 9.55. The molecule has 0 aliphatic heterocycles. The van der Waals surface area contributed by atoms with E-state index >= 15 is 0 Å². The molecule has 10 nitrogen and oxygen atoms in total. The zero-order valence-electron chi connectivity index (χ0n) is 12.4. The van der Waals surface area contributed by atoms with Gasteiger partial charge in [-0.2, -0.15) is 0 Å². The first-order chi connectivity index (χ1) is 11.9. The number of rotatable bonds is 6. The molecule has 0 aliphatic carbocycles. The maximum Gasteiger partial charge on any atom is 0.662 e. The van der Waals surface area contributed by atoms with Gasteiger partial charge in [0.05, 0.1) is 21.0 Å². The summed E-state index contributed by atoms with van der Waals surface area (Å²) >= 11 is 0. The number of carbonyl (C=O) groups is 2. The van der Waals surface area contributed by atoms with Crippen LogP contribution in [0, 0.1) is 20.2 Å². The van der Waals surface area contributed by atoms with Crippen LogP contribution in [0.15, 0.2) is 48.5 Å². The van der Waals surface area contributed by atoms with Crippen LogP contribution in [-0.4, -0.2) is 29.5 Å². The topological polar surface area (TPSA) is 139 Å². The van der Waals surface area contributed by atoms with Crippen molar-refractivity contribution in [3.05, 3.63) is 79.9 Å². The molecule has 0 aromatic heterocycles. The fourth-order valence-electron chi connectivity index (χ4n) is 1.74. The van der Waals surface area contributed by atoms with E-state index in [4.69, 9.17) is 0 Å². The fraction of sp³-hybridized carbons (Fsp3) is 0. The molecular formula is C14H8BN2O8. The Morgan fingerprint density at radius 1 is 0.800 bits per heavy atom. The van der Waals surface area contributed by atoms with Gasteiger partial charge in [-0.05, 0) is 12.1 Å². The highest BCUT2D eigenvalue weighted by Crippen LogP contribution is 2.15. The van der Waals surface area contributed by atoms with Crippen LogP contribution in [0.3, 0.4) is 0 Å². The molecule has 0 fully saturated rings. The van der Waals surface area contributed by atoms with Gasteiger partial charge in [0.25, 0.3) is 11.4 Å². The van der Waals surface area contributed by atoms with E-state index in [1.54, 1.807) is 0 Å². The highest BCUT2D eigenvalue weighted by atomic mass is 16.6. The zero-order valence-corrected chi connectivity index (χ0v) is 12.4. The van der Waals surface area contributed by atoms with E-state index in [1.807, 2.05) is 0 Å². The Balaban J connectivity index is 1.94. The minimum absolute atomic E-state index is 0.114. The van der Waals surface area contributed by atoms with E-state index in [2.05, 4.69) is 9.31 Å². The van der Waals surface area contributed by atoms with E-state index in [0.29, 0.717) is 7.69 Å². The Bertz CT molecular complexity index is 785. The van der Waals surface area contributed by atoms with Crippen molar-refractivity contribution in [3.63, 3.8) is 0 Å². The third-order valence-electron chi connectivity index (χ3n) is 2.90. The van der Waals surface area contributed by atoms with Crippen molar-refractivity contribution in [3.8, 4) is 0 Å². The standard InChI is InChI=1S/C14H8BN2O8/c18-13(9-3-1-5-11(7-9)16(20)21)24-15-25-14(19)10-4-2-6-12(8-10)17(22)23/h1-8H. The van der Waals surface area contributed by atoms with Gasteiger partial charge in [0.1, 0.15) is 0 Å². The van der Waals surface area contributed by atoms with Crippen LogP contribution >= 0.6 is 0 Å². The Hall–Kier alpha value is -3.76. The summed E-state index contributed by atoms with van der Waals surface area (Å²) < 4.78 is 9.14. The lowest BCUT2D eigenvalue weighted by Gasteiger charge is -2.04. The summed E-state index contributed by atoms with van der Waals surface area (Å²) in [7, 11) is 0.447. The van der Waals surface area contributed by atoms with Crippen molar-refractivity contribution in [2.24, 2.45) is 0 Å². The predicted octanol–water partition coefficient (Wildman–Crippen LogP) is 2.05. The quantitative estimate of drug-likeness (QED) is 0.441. The molecule has 2 aromatic rings. The summed E-state index contributed by atoms with van der Waals surface area (Å²) in [4.78, 5) is 43.4. The molecule has 0 bridgehead atoms.